The van der Waals surface area contributed by atoms with Gasteiger partial charge in [0.15, 0.2) is 0 Å². The zero-order valence-corrected chi connectivity index (χ0v) is 9.94. The Bertz CT molecular complexity index is 145. The first-order valence-corrected chi connectivity index (χ1v) is 5.08. The fourth-order valence-corrected chi connectivity index (χ4v) is 0.895. The topological polar surface area (TPSA) is 32.3 Å². The van der Waals surface area contributed by atoms with Crippen molar-refractivity contribution in [3.63, 3.8) is 0 Å². The second-order valence-electron chi connectivity index (χ2n) is 5.68. The molecule has 0 aliphatic rings. The van der Waals surface area contributed by atoms with Crippen molar-refractivity contribution in [1.82, 2.24) is 5.32 Å². The molecule has 0 saturated carbocycles. The molecular weight excluding hydrogens is 162 g/mol. The fraction of sp³-hybridized carbons (Fsp3) is 1.00. The van der Waals surface area contributed by atoms with Gasteiger partial charge in [0.25, 0.3) is 0 Å². The largest absolute Gasteiger partial charge is 0.389 e. The Balaban J connectivity index is 3.77. The van der Waals surface area contributed by atoms with Crippen LogP contribution in [0.1, 0.15) is 41.5 Å². The van der Waals surface area contributed by atoms with Crippen LogP contribution in [-0.2, 0) is 0 Å². The summed E-state index contributed by atoms with van der Waals surface area (Å²) in [5, 5.41) is 13.2. The Kier molecular flexibility index (Phi) is 4.40. The zero-order chi connectivity index (χ0) is 10.7. The number of hydrogen-bond acceptors (Lipinski definition) is 2. The molecule has 1 unspecified atom stereocenters. The molecule has 2 nitrogen and oxygen atoms in total. The smallest absolute Gasteiger partial charge is 0.0766 e. The van der Waals surface area contributed by atoms with Crippen molar-refractivity contribution < 1.29 is 5.11 Å². The molecule has 0 radical (unpaired) electrons. The van der Waals surface area contributed by atoms with E-state index in [-0.39, 0.29) is 5.41 Å². The molecular formula is C11H25NO. The quantitative estimate of drug-likeness (QED) is 0.706. The molecule has 0 aromatic rings. The van der Waals surface area contributed by atoms with Crippen molar-refractivity contribution in [2.75, 3.05) is 13.1 Å². The molecule has 0 aromatic carbocycles. The Hall–Kier alpha value is -0.0800. The van der Waals surface area contributed by atoms with Gasteiger partial charge in [-0.3, -0.25) is 0 Å². The van der Waals surface area contributed by atoms with Crippen LogP contribution >= 0.6 is 0 Å². The molecule has 13 heavy (non-hydrogen) atoms. The van der Waals surface area contributed by atoms with Crippen LogP contribution in [0.25, 0.3) is 0 Å². The van der Waals surface area contributed by atoms with Gasteiger partial charge in [-0.25, -0.2) is 0 Å². The minimum atomic E-state index is -0.592. The maximum atomic E-state index is 9.93. The summed E-state index contributed by atoms with van der Waals surface area (Å²) in [4.78, 5) is 0. The lowest BCUT2D eigenvalue weighted by Crippen LogP contribution is -2.44. The molecule has 2 N–H and O–H groups in total. The standard InChI is InChI=1S/C11H25NO/c1-9(2)11(6,13)8-12-7-10(3,4)5/h9,12-13H,7-8H2,1-6H3. The average molecular weight is 187 g/mol. The lowest BCUT2D eigenvalue weighted by atomic mass is 9.91. The minimum absolute atomic E-state index is 0.285. The maximum Gasteiger partial charge on any atom is 0.0766 e. The monoisotopic (exact) mass is 187 g/mol. The summed E-state index contributed by atoms with van der Waals surface area (Å²) in [6.45, 7) is 14.1. The van der Waals surface area contributed by atoms with E-state index in [0.29, 0.717) is 12.5 Å². The SMILES string of the molecule is CC(C)C(C)(O)CNCC(C)(C)C. The first-order valence-electron chi connectivity index (χ1n) is 5.08. The summed E-state index contributed by atoms with van der Waals surface area (Å²) in [5.74, 6) is 0.292. The summed E-state index contributed by atoms with van der Waals surface area (Å²) >= 11 is 0. The second kappa shape index (κ2) is 4.43. The summed E-state index contributed by atoms with van der Waals surface area (Å²) in [5.41, 5.74) is -0.307. The van der Waals surface area contributed by atoms with Crippen molar-refractivity contribution in [2.24, 2.45) is 11.3 Å². The molecule has 0 aliphatic carbocycles. The van der Waals surface area contributed by atoms with Crippen molar-refractivity contribution in [3.8, 4) is 0 Å². The van der Waals surface area contributed by atoms with E-state index in [1.54, 1.807) is 0 Å². The van der Waals surface area contributed by atoms with E-state index >= 15 is 0 Å². The normalized spacial score (nSPS) is 17.5. The second-order valence-corrected chi connectivity index (χ2v) is 5.68. The molecule has 0 amide bonds. The van der Waals surface area contributed by atoms with Crippen LogP contribution in [0.5, 0.6) is 0 Å². The van der Waals surface area contributed by atoms with Crippen LogP contribution in [-0.4, -0.2) is 23.8 Å². The Morgan fingerprint density at radius 1 is 1.08 bits per heavy atom. The lowest BCUT2D eigenvalue weighted by Gasteiger charge is -2.29. The van der Waals surface area contributed by atoms with Gasteiger partial charge in [-0.15, -0.1) is 0 Å². The summed E-state index contributed by atoms with van der Waals surface area (Å²) in [7, 11) is 0. The lowest BCUT2D eigenvalue weighted by molar-refractivity contribution is 0.0128. The average Bonchev–Trinajstić information content (AvgIpc) is 1.82. The van der Waals surface area contributed by atoms with Gasteiger partial charge in [0, 0.05) is 13.1 Å². The van der Waals surface area contributed by atoms with E-state index in [1.807, 2.05) is 20.8 Å². The molecule has 0 aliphatic heterocycles. The van der Waals surface area contributed by atoms with Gasteiger partial charge in [-0.05, 0) is 18.3 Å². The third-order valence-corrected chi connectivity index (χ3v) is 2.38. The van der Waals surface area contributed by atoms with Crippen LogP contribution in [0, 0.1) is 11.3 Å². The summed E-state index contributed by atoms with van der Waals surface area (Å²) in [6, 6.07) is 0. The van der Waals surface area contributed by atoms with Crippen molar-refractivity contribution in [2.45, 2.75) is 47.1 Å². The number of hydrogen-bond donors (Lipinski definition) is 2. The highest BCUT2D eigenvalue weighted by Gasteiger charge is 2.24. The van der Waals surface area contributed by atoms with Gasteiger partial charge in [0.2, 0.25) is 0 Å². The van der Waals surface area contributed by atoms with Crippen molar-refractivity contribution in [3.05, 3.63) is 0 Å². The molecule has 80 valence electrons. The van der Waals surface area contributed by atoms with Gasteiger partial charge >= 0.3 is 0 Å². The van der Waals surface area contributed by atoms with Gasteiger partial charge in [0.1, 0.15) is 0 Å². The van der Waals surface area contributed by atoms with E-state index in [2.05, 4.69) is 26.1 Å². The van der Waals surface area contributed by atoms with Crippen molar-refractivity contribution >= 4 is 0 Å². The Morgan fingerprint density at radius 3 is 1.85 bits per heavy atom. The highest BCUT2D eigenvalue weighted by molar-refractivity contribution is 4.80. The first-order chi connectivity index (χ1) is 5.65. The molecule has 1 atom stereocenters. The highest BCUT2D eigenvalue weighted by atomic mass is 16.3. The maximum absolute atomic E-state index is 9.93. The van der Waals surface area contributed by atoms with E-state index < -0.39 is 5.60 Å². The molecule has 0 bridgehead atoms. The van der Waals surface area contributed by atoms with E-state index in [0.717, 1.165) is 6.54 Å². The molecule has 0 heterocycles. The molecule has 0 rings (SSSR count). The summed E-state index contributed by atoms with van der Waals surface area (Å²) < 4.78 is 0. The van der Waals surface area contributed by atoms with Crippen LogP contribution in [0.4, 0.5) is 0 Å². The van der Waals surface area contributed by atoms with Gasteiger partial charge in [-0.2, -0.15) is 0 Å². The number of rotatable bonds is 4. The third-order valence-electron chi connectivity index (χ3n) is 2.38. The van der Waals surface area contributed by atoms with Crippen LogP contribution in [0.15, 0.2) is 0 Å². The van der Waals surface area contributed by atoms with E-state index in [4.69, 9.17) is 0 Å². The van der Waals surface area contributed by atoms with Crippen molar-refractivity contribution in [1.29, 1.82) is 0 Å². The molecule has 0 spiro atoms. The van der Waals surface area contributed by atoms with Gasteiger partial charge in [0.05, 0.1) is 5.60 Å². The molecule has 2 heteroatoms. The predicted molar refractivity (Wildman–Crippen MR) is 57.8 cm³/mol. The van der Waals surface area contributed by atoms with Crippen LogP contribution in [0.3, 0.4) is 0 Å². The molecule has 0 saturated heterocycles. The van der Waals surface area contributed by atoms with Crippen LogP contribution < -0.4 is 5.32 Å². The first kappa shape index (κ1) is 12.9. The predicted octanol–water partition coefficient (Wildman–Crippen LogP) is 2.03. The van der Waals surface area contributed by atoms with E-state index in [9.17, 15) is 5.11 Å². The zero-order valence-electron chi connectivity index (χ0n) is 9.94. The molecule has 0 fully saturated rings. The number of aliphatic hydroxyl groups is 1. The Labute approximate surface area is 82.7 Å². The number of nitrogens with one attached hydrogen (secondary N) is 1. The van der Waals surface area contributed by atoms with Gasteiger partial charge in [-0.1, -0.05) is 34.6 Å². The Morgan fingerprint density at radius 2 is 1.54 bits per heavy atom. The highest BCUT2D eigenvalue weighted by Crippen LogP contribution is 2.16. The molecule has 0 aromatic heterocycles. The minimum Gasteiger partial charge on any atom is -0.389 e. The van der Waals surface area contributed by atoms with Gasteiger partial charge < -0.3 is 10.4 Å². The van der Waals surface area contributed by atoms with E-state index in [1.165, 1.54) is 0 Å². The van der Waals surface area contributed by atoms with Crippen LogP contribution in [0.2, 0.25) is 0 Å². The fourth-order valence-electron chi connectivity index (χ4n) is 0.895. The summed E-state index contributed by atoms with van der Waals surface area (Å²) in [6.07, 6.45) is 0. The third kappa shape index (κ3) is 6.05.